The van der Waals surface area contributed by atoms with Crippen LogP contribution in [0.25, 0.3) is 0 Å². The van der Waals surface area contributed by atoms with Gasteiger partial charge in [-0.15, -0.1) is 5.75 Å². The van der Waals surface area contributed by atoms with Gasteiger partial charge in [-0.25, -0.2) is 0 Å². The number of nitrogens with one attached hydrogen (secondary N) is 2. The van der Waals surface area contributed by atoms with Crippen LogP contribution in [-0.4, -0.2) is 38.1 Å². The van der Waals surface area contributed by atoms with Crippen LogP contribution in [0.5, 0.6) is 5.75 Å². The molecule has 0 aliphatic rings. The van der Waals surface area contributed by atoms with E-state index in [0.717, 1.165) is 22.8 Å². The van der Waals surface area contributed by atoms with E-state index in [-0.39, 0.29) is 22.8 Å². The fraction of sp³-hybridized carbons (Fsp3) is 0.333. The number of aliphatic carboxylic acids is 1. The number of aromatic nitrogens is 4. The molecule has 0 amide bonds. The van der Waals surface area contributed by atoms with Crippen molar-refractivity contribution in [2.45, 2.75) is 47.1 Å². The van der Waals surface area contributed by atoms with Crippen molar-refractivity contribution >= 4 is 12.2 Å². The zero-order chi connectivity index (χ0) is 22.0. The van der Waals surface area contributed by atoms with E-state index in [1.807, 2.05) is 39.8 Å². The predicted octanol–water partition coefficient (Wildman–Crippen LogP) is 1.76. The molecule has 0 aliphatic carbocycles. The maximum absolute atomic E-state index is 11.3. The van der Waals surface area contributed by atoms with Crippen LogP contribution >= 0.6 is 0 Å². The number of para-hydroxylation sites is 1. The van der Waals surface area contributed by atoms with E-state index >= 15 is 0 Å². The molecule has 0 bridgehead atoms. The molecule has 1 aromatic carbocycles. The average Bonchev–Trinajstić information content (AvgIpc) is 3.21. The number of H-pyrrole nitrogens is 2. The molecule has 2 aromatic heterocycles. The van der Waals surface area contributed by atoms with E-state index in [0.29, 0.717) is 5.56 Å². The molecule has 3 aromatic rings. The molecule has 1 radical (unpaired) electrons. The van der Waals surface area contributed by atoms with Gasteiger partial charge in [-0.05, 0) is 59.2 Å². The van der Waals surface area contributed by atoms with Gasteiger partial charge < -0.3 is 15.0 Å². The molecule has 0 fully saturated rings. The number of carbonyl (C=O) groups is 1. The second-order valence-electron chi connectivity index (χ2n) is 7.03. The number of hydrogen-bond acceptors (Lipinski definition) is 6. The third-order valence-corrected chi connectivity index (χ3v) is 3.61. The summed E-state index contributed by atoms with van der Waals surface area (Å²) in [6.07, 6.45) is 1.26. The number of carboxylic acid groups (broad SMARTS) is 1. The van der Waals surface area contributed by atoms with Crippen molar-refractivity contribution in [2.24, 2.45) is 4.99 Å². The van der Waals surface area contributed by atoms with Crippen molar-refractivity contribution in [3.63, 3.8) is 0 Å². The van der Waals surface area contributed by atoms with Crippen molar-refractivity contribution in [3.05, 3.63) is 64.7 Å². The van der Waals surface area contributed by atoms with Crippen molar-refractivity contribution in [1.82, 2.24) is 20.4 Å². The Labute approximate surface area is 187 Å². The molecule has 0 atom stereocenters. The minimum absolute atomic E-state index is 0. The Kier molecular flexibility index (Phi) is 11.4. The summed E-state index contributed by atoms with van der Waals surface area (Å²) in [4.78, 5) is 14.4. The summed E-state index contributed by atoms with van der Waals surface area (Å²) in [5.41, 5.74) is 3.40. The van der Waals surface area contributed by atoms with Crippen LogP contribution in [-0.2, 0) is 21.9 Å². The van der Waals surface area contributed by atoms with Crippen LogP contribution < -0.4 is 10.2 Å². The summed E-state index contributed by atoms with van der Waals surface area (Å²) < 4.78 is 0. The predicted molar refractivity (Wildman–Crippen MR) is 109 cm³/mol. The van der Waals surface area contributed by atoms with Gasteiger partial charge in [0.05, 0.1) is 22.9 Å². The normalized spacial score (nSPS) is 10.3. The summed E-state index contributed by atoms with van der Waals surface area (Å²) in [6.45, 7) is 10.7. The van der Waals surface area contributed by atoms with E-state index in [1.54, 1.807) is 18.2 Å². The third kappa shape index (κ3) is 10.0. The van der Waals surface area contributed by atoms with E-state index in [9.17, 15) is 15.0 Å². The summed E-state index contributed by atoms with van der Waals surface area (Å²) in [7, 11) is 0. The fourth-order valence-electron chi connectivity index (χ4n) is 1.98. The molecule has 2 heterocycles. The molecule has 2 N–H and O–H groups in total. The molecule has 0 spiro atoms. The van der Waals surface area contributed by atoms with Gasteiger partial charge in [0.2, 0.25) is 0 Å². The molecular formula is C21H27CuN5O3. The maximum Gasteiger partial charge on any atom is 2.00 e. The number of carboxylic acids is 1. The van der Waals surface area contributed by atoms with Crippen molar-refractivity contribution in [1.29, 1.82) is 0 Å². The Morgan fingerprint density at radius 2 is 1.47 bits per heavy atom. The number of benzene rings is 1. The zero-order valence-electron chi connectivity index (χ0n) is 17.9. The number of nitrogens with zero attached hydrogens (tertiary/aromatic N) is 3. The van der Waals surface area contributed by atoms with Gasteiger partial charge in [0.15, 0.2) is 0 Å². The first-order valence-corrected chi connectivity index (χ1v) is 9.01. The molecule has 8 nitrogen and oxygen atoms in total. The van der Waals surface area contributed by atoms with Crippen molar-refractivity contribution < 1.29 is 32.1 Å². The zero-order valence-corrected chi connectivity index (χ0v) is 18.9. The van der Waals surface area contributed by atoms with Gasteiger partial charge >= 0.3 is 17.1 Å². The summed E-state index contributed by atoms with van der Waals surface area (Å²) >= 11 is 0. The fourth-order valence-corrected chi connectivity index (χ4v) is 1.98. The van der Waals surface area contributed by atoms with Crippen LogP contribution in [0.15, 0.2) is 41.4 Å². The molecule has 30 heavy (non-hydrogen) atoms. The monoisotopic (exact) mass is 460 g/mol. The van der Waals surface area contributed by atoms with Gasteiger partial charge in [-0.2, -0.15) is 10.2 Å². The number of rotatable bonds is 3. The first-order valence-electron chi connectivity index (χ1n) is 9.01. The van der Waals surface area contributed by atoms with Gasteiger partial charge in [-0.1, -0.05) is 24.3 Å². The third-order valence-electron chi connectivity index (χ3n) is 3.61. The number of hydrogen-bond donors (Lipinski definition) is 2. The Bertz CT molecular complexity index is 876. The van der Waals surface area contributed by atoms with E-state index < -0.39 is 11.5 Å². The minimum Gasteiger partial charge on any atom is -0.872 e. The van der Waals surface area contributed by atoms with Crippen LogP contribution in [0.3, 0.4) is 0 Å². The molecule has 0 saturated heterocycles. The second kappa shape index (κ2) is 12.6. The van der Waals surface area contributed by atoms with Crippen LogP contribution in [0.1, 0.15) is 42.2 Å². The van der Waals surface area contributed by atoms with Crippen molar-refractivity contribution in [2.75, 3.05) is 0 Å². The molecular weight excluding hydrogens is 434 g/mol. The quantitative estimate of drug-likeness (QED) is 0.453. The van der Waals surface area contributed by atoms with Crippen LogP contribution in [0, 0.1) is 27.7 Å². The molecule has 0 aliphatic heterocycles. The molecule has 0 saturated carbocycles. The first kappa shape index (κ1) is 27.1. The largest absolute Gasteiger partial charge is 2.00 e. The molecule has 165 valence electrons. The summed E-state index contributed by atoms with van der Waals surface area (Å²) in [5, 5.41) is 35.3. The topological polar surface area (TPSA) is 133 Å². The molecule has 0 unspecified atom stereocenters. The molecule has 3 rings (SSSR count). The Balaban J connectivity index is 0.000000467. The van der Waals surface area contributed by atoms with E-state index in [1.165, 1.54) is 26.1 Å². The van der Waals surface area contributed by atoms with Crippen LogP contribution in [0.4, 0.5) is 0 Å². The number of carbonyl (C=O) groups excluding carboxylic acids is 1. The SMILES string of the molecule is CC(C)(N=Cc1ccccc1[O-])C(=O)[O-].Cc1cc(C)[nH]n1.Cc1cc(C)[nH]n1.[Cu+2]. The minimum atomic E-state index is -1.32. The Morgan fingerprint density at radius 3 is 1.77 bits per heavy atom. The van der Waals surface area contributed by atoms with Crippen LogP contribution in [0.2, 0.25) is 0 Å². The standard InChI is InChI=1S/C11H13NO3.2C5H8N2.Cu/c1-11(2,10(14)15)12-7-8-5-3-4-6-9(8)13;2*1-4-3-5(2)7-6-4;/h3-7,13H,1-2H3,(H,14,15);2*3H,1-2H3,(H,6,7);/q;;;+2/p-2. The average molecular weight is 461 g/mol. The Morgan fingerprint density at radius 1 is 1.00 bits per heavy atom. The van der Waals surface area contributed by atoms with Gasteiger partial charge in [0, 0.05) is 17.6 Å². The van der Waals surface area contributed by atoms with Gasteiger partial charge in [0.1, 0.15) is 0 Å². The van der Waals surface area contributed by atoms with E-state index in [2.05, 4.69) is 25.4 Å². The smallest absolute Gasteiger partial charge is 0.872 e. The maximum atomic E-state index is 11.3. The first-order chi connectivity index (χ1) is 13.5. The van der Waals surface area contributed by atoms with Gasteiger partial charge in [-0.3, -0.25) is 15.2 Å². The summed E-state index contributed by atoms with van der Waals surface area (Å²) in [6, 6.07) is 10.3. The molecule has 9 heteroatoms. The van der Waals surface area contributed by atoms with E-state index in [4.69, 9.17) is 0 Å². The van der Waals surface area contributed by atoms with Crippen molar-refractivity contribution in [3.8, 4) is 5.75 Å². The Hall–Kier alpha value is -2.90. The number of aryl methyl sites for hydroxylation is 4. The summed E-state index contributed by atoms with van der Waals surface area (Å²) in [5.74, 6) is -1.46. The second-order valence-corrected chi connectivity index (χ2v) is 7.03. The van der Waals surface area contributed by atoms with Gasteiger partial charge in [0.25, 0.3) is 0 Å². The number of aliphatic imine (C=N–C) groups is 1. The number of aromatic amines is 2.